The van der Waals surface area contributed by atoms with Crippen molar-refractivity contribution in [2.75, 3.05) is 5.32 Å². The molecule has 0 radical (unpaired) electrons. The van der Waals surface area contributed by atoms with Gasteiger partial charge in [0.05, 0.1) is 22.5 Å². The van der Waals surface area contributed by atoms with Crippen molar-refractivity contribution < 1.29 is 23.1 Å². The molecule has 138 valence electrons. The van der Waals surface area contributed by atoms with Crippen molar-refractivity contribution in [3.63, 3.8) is 0 Å². The molecule has 1 amide bonds. The topological polar surface area (TPSA) is 62.2 Å². The molecule has 1 heterocycles. The maximum Gasteiger partial charge on any atom is 0.266 e. The van der Waals surface area contributed by atoms with E-state index in [1.54, 1.807) is 0 Å². The van der Waals surface area contributed by atoms with Crippen LogP contribution in [0.4, 0.5) is 18.9 Å². The minimum atomic E-state index is -2.97. The number of aliphatic hydroxyl groups excluding tert-OH is 1. The molecular weight excluding hydrogens is 392 g/mol. The van der Waals surface area contributed by atoms with Gasteiger partial charge in [0.2, 0.25) is 5.67 Å². The van der Waals surface area contributed by atoms with Gasteiger partial charge in [-0.1, -0.05) is 29.3 Å². The van der Waals surface area contributed by atoms with Crippen molar-refractivity contribution in [1.82, 2.24) is 4.98 Å². The number of carbonyl (C=O) groups excluding carboxylic acids is 1. The summed E-state index contributed by atoms with van der Waals surface area (Å²) in [5, 5.41) is 11.9. The SMILES string of the molecule is O=C(Nc1c(Cl)cc(Cl)cc1C(F)F)[C@]1(F)CC[C@@H](O)c2ncccc21. The molecule has 0 spiro atoms. The first-order valence-corrected chi connectivity index (χ1v) is 8.40. The van der Waals surface area contributed by atoms with E-state index < -0.39 is 35.4 Å². The molecule has 0 aliphatic heterocycles. The number of carbonyl (C=O) groups is 1. The first-order chi connectivity index (χ1) is 12.2. The molecule has 0 fully saturated rings. The van der Waals surface area contributed by atoms with Gasteiger partial charge >= 0.3 is 0 Å². The average molecular weight is 405 g/mol. The average Bonchev–Trinajstić information content (AvgIpc) is 2.60. The molecule has 1 aliphatic rings. The number of aliphatic hydroxyl groups is 1. The molecule has 2 N–H and O–H groups in total. The molecule has 0 bridgehead atoms. The molecule has 3 rings (SSSR count). The number of rotatable bonds is 3. The Labute approximate surface area is 157 Å². The second kappa shape index (κ2) is 7.06. The fraction of sp³-hybridized carbons (Fsp3) is 0.294. The molecule has 2 aromatic rings. The Kier molecular flexibility index (Phi) is 5.14. The fourth-order valence-corrected chi connectivity index (χ4v) is 3.53. The Bertz CT molecular complexity index is 866. The molecule has 4 nitrogen and oxygen atoms in total. The van der Waals surface area contributed by atoms with Gasteiger partial charge in [0.25, 0.3) is 12.3 Å². The number of amides is 1. The van der Waals surface area contributed by atoms with Crippen LogP contribution in [0.15, 0.2) is 30.5 Å². The lowest BCUT2D eigenvalue weighted by Crippen LogP contribution is -2.40. The summed E-state index contributed by atoms with van der Waals surface area (Å²) in [6.45, 7) is 0. The molecule has 2 atom stereocenters. The van der Waals surface area contributed by atoms with Crippen LogP contribution in [0.3, 0.4) is 0 Å². The van der Waals surface area contributed by atoms with Crippen molar-refractivity contribution in [3.05, 3.63) is 57.3 Å². The first kappa shape index (κ1) is 18.9. The normalized spacial score (nSPS) is 22.2. The maximum absolute atomic E-state index is 15.5. The molecule has 26 heavy (non-hydrogen) atoms. The lowest BCUT2D eigenvalue weighted by Gasteiger charge is -2.32. The van der Waals surface area contributed by atoms with Crippen LogP contribution in [0.5, 0.6) is 0 Å². The molecule has 1 aromatic carbocycles. The number of halogens is 5. The third kappa shape index (κ3) is 3.26. The van der Waals surface area contributed by atoms with E-state index in [-0.39, 0.29) is 34.1 Å². The van der Waals surface area contributed by atoms with Gasteiger partial charge in [-0.15, -0.1) is 0 Å². The van der Waals surface area contributed by atoms with Crippen LogP contribution in [-0.2, 0) is 10.5 Å². The van der Waals surface area contributed by atoms with Gasteiger partial charge in [0.15, 0.2) is 0 Å². The zero-order valence-electron chi connectivity index (χ0n) is 13.1. The summed E-state index contributed by atoms with van der Waals surface area (Å²) in [6, 6.07) is 4.90. The smallest absolute Gasteiger partial charge is 0.266 e. The monoisotopic (exact) mass is 404 g/mol. The van der Waals surface area contributed by atoms with Crippen molar-refractivity contribution in [2.24, 2.45) is 0 Å². The third-order valence-electron chi connectivity index (χ3n) is 4.26. The maximum atomic E-state index is 15.5. The van der Waals surface area contributed by atoms with E-state index in [9.17, 15) is 18.7 Å². The number of alkyl halides is 3. The summed E-state index contributed by atoms with van der Waals surface area (Å²) < 4.78 is 42.1. The van der Waals surface area contributed by atoms with Gasteiger partial charge < -0.3 is 10.4 Å². The fourth-order valence-electron chi connectivity index (χ4n) is 2.97. The van der Waals surface area contributed by atoms with E-state index in [1.807, 2.05) is 0 Å². The van der Waals surface area contributed by atoms with Gasteiger partial charge in [-0.2, -0.15) is 0 Å². The number of aromatic nitrogens is 1. The highest BCUT2D eigenvalue weighted by Crippen LogP contribution is 2.44. The summed E-state index contributed by atoms with van der Waals surface area (Å²) in [6.07, 6.45) is -2.97. The number of hydrogen-bond acceptors (Lipinski definition) is 3. The van der Waals surface area contributed by atoms with Crippen LogP contribution >= 0.6 is 23.2 Å². The Morgan fingerprint density at radius 2 is 2.12 bits per heavy atom. The summed E-state index contributed by atoms with van der Waals surface area (Å²) in [5.74, 6) is -1.16. The lowest BCUT2D eigenvalue weighted by atomic mass is 9.81. The highest BCUT2D eigenvalue weighted by atomic mass is 35.5. The van der Waals surface area contributed by atoms with Gasteiger partial charge in [-0.25, -0.2) is 13.2 Å². The molecule has 0 saturated carbocycles. The van der Waals surface area contributed by atoms with Gasteiger partial charge in [0, 0.05) is 22.3 Å². The number of hydrogen-bond donors (Lipinski definition) is 2. The summed E-state index contributed by atoms with van der Waals surface area (Å²) in [5.41, 5.74) is -3.59. The second-order valence-corrected chi connectivity index (χ2v) is 6.74. The highest BCUT2D eigenvalue weighted by Gasteiger charge is 2.47. The number of fused-ring (bicyclic) bond motifs is 1. The van der Waals surface area contributed by atoms with E-state index in [0.29, 0.717) is 0 Å². The quantitative estimate of drug-likeness (QED) is 0.759. The van der Waals surface area contributed by atoms with E-state index in [1.165, 1.54) is 24.4 Å². The predicted octanol–water partition coefficient (Wildman–Crippen LogP) is 4.96. The predicted molar refractivity (Wildman–Crippen MR) is 91.3 cm³/mol. The van der Waals surface area contributed by atoms with Crippen LogP contribution in [0, 0.1) is 0 Å². The number of anilines is 1. The minimum Gasteiger partial charge on any atom is -0.387 e. The van der Waals surface area contributed by atoms with E-state index in [0.717, 1.165) is 6.07 Å². The Hall–Kier alpha value is -1.83. The van der Waals surface area contributed by atoms with Crippen LogP contribution < -0.4 is 5.32 Å². The molecule has 0 saturated heterocycles. The molecule has 9 heteroatoms. The Morgan fingerprint density at radius 1 is 1.38 bits per heavy atom. The van der Waals surface area contributed by atoms with Crippen LogP contribution in [0.1, 0.15) is 42.2 Å². The zero-order chi connectivity index (χ0) is 19.1. The molecule has 1 aliphatic carbocycles. The van der Waals surface area contributed by atoms with E-state index >= 15 is 4.39 Å². The second-order valence-electron chi connectivity index (χ2n) is 5.90. The highest BCUT2D eigenvalue weighted by molar-refractivity contribution is 6.37. The van der Waals surface area contributed by atoms with Gasteiger partial charge in [0.1, 0.15) is 0 Å². The van der Waals surface area contributed by atoms with Crippen LogP contribution in [-0.4, -0.2) is 16.0 Å². The first-order valence-electron chi connectivity index (χ1n) is 7.65. The van der Waals surface area contributed by atoms with Crippen molar-refractivity contribution in [3.8, 4) is 0 Å². The Balaban J connectivity index is 2.01. The van der Waals surface area contributed by atoms with Crippen molar-refractivity contribution >= 4 is 34.8 Å². The third-order valence-corrected chi connectivity index (χ3v) is 4.78. The Morgan fingerprint density at radius 3 is 2.81 bits per heavy atom. The molecular formula is C17H13Cl2F3N2O2. The summed E-state index contributed by atoms with van der Waals surface area (Å²) in [7, 11) is 0. The zero-order valence-corrected chi connectivity index (χ0v) is 14.7. The lowest BCUT2D eigenvalue weighted by molar-refractivity contribution is -0.129. The standard InChI is InChI=1S/C17H13Cl2F3N2O2/c18-8-6-9(15(20)21)13(11(19)7-8)24-16(26)17(22)4-3-12(25)14-10(17)2-1-5-23-14/h1-2,5-7,12,15,25H,3-4H2,(H,24,26)/t12-,17+/m1/s1. The largest absolute Gasteiger partial charge is 0.387 e. The summed E-state index contributed by atoms with van der Waals surface area (Å²) in [4.78, 5) is 16.6. The molecule has 0 unspecified atom stereocenters. The number of benzene rings is 1. The number of pyridine rings is 1. The van der Waals surface area contributed by atoms with Crippen molar-refractivity contribution in [2.45, 2.75) is 31.0 Å². The molecule has 1 aromatic heterocycles. The minimum absolute atomic E-state index is 0.0337. The number of nitrogens with one attached hydrogen (secondary N) is 1. The van der Waals surface area contributed by atoms with Crippen LogP contribution in [0.2, 0.25) is 10.0 Å². The van der Waals surface area contributed by atoms with Crippen molar-refractivity contribution in [1.29, 1.82) is 0 Å². The number of nitrogens with zero attached hydrogens (tertiary/aromatic N) is 1. The van der Waals surface area contributed by atoms with Crippen LogP contribution in [0.25, 0.3) is 0 Å². The summed E-state index contributed by atoms with van der Waals surface area (Å²) >= 11 is 11.6. The van der Waals surface area contributed by atoms with E-state index in [4.69, 9.17) is 23.2 Å². The van der Waals surface area contributed by atoms with E-state index in [2.05, 4.69) is 10.3 Å². The van der Waals surface area contributed by atoms with Gasteiger partial charge in [-0.3, -0.25) is 9.78 Å². The van der Waals surface area contributed by atoms with Gasteiger partial charge in [-0.05, 0) is 31.0 Å².